The molecule has 0 spiro atoms. The first-order valence-corrected chi connectivity index (χ1v) is 7.48. The van der Waals surface area contributed by atoms with Crippen LogP contribution in [-0.4, -0.2) is 35.5 Å². The summed E-state index contributed by atoms with van der Waals surface area (Å²) in [5.74, 6) is 1.29. The lowest BCUT2D eigenvalue weighted by Crippen LogP contribution is -2.37. The molecule has 3 heteroatoms. The van der Waals surface area contributed by atoms with Crippen LogP contribution >= 0.6 is 11.8 Å². The molecule has 1 fully saturated rings. The average molecular weight is 250 g/mol. The van der Waals surface area contributed by atoms with Gasteiger partial charge in [0.05, 0.1) is 0 Å². The summed E-state index contributed by atoms with van der Waals surface area (Å²) < 4.78 is 0. The lowest BCUT2D eigenvalue weighted by molar-refractivity contribution is 0.283. The molecule has 1 atom stereocenters. The number of rotatable bonds is 4. The normalized spacial score (nSPS) is 21.6. The Morgan fingerprint density at radius 2 is 2.24 bits per heavy atom. The van der Waals surface area contributed by atoms with E-state index >= 15 is 0 Å². The molecule has 1 unspecified atom stereocenters. The van der Waals surface area contributed by atoms with Gasteiger partial charge in [0.15, 0.2) is 0 Å². The summed E-state index contributed by atoms with van der Waals surface area (Å²) in [6, 6.07) is 8.21. The van der Waals surface area contributed by atoms with Crippen molar-refractivity contribution >= 4 is 17.4 Å². The molecule has 1 aromatic carbocycles. The molecule has 1 aliphatic rings. The van der Waals surface area contributed by atoms with Crippen molar-refractivity contribution in [1.29, 1.82) is 0 Å². The van der Waals surface area contributed by atoms with E-state index in [1.54, 1.807) is 0 Å². The zero-order valence-electron chi connectivity index (χ0n) is 10.6. The van der Waals surface area contributed by atoms with Crippen molar-refractivity contribution in [1.82, 2.24) is 4.90 Å². The molecule has 94 valence electrons. The van der Waals surface area contributed by atoms with Crippen molar-refractivity contribution in [3.05, 3.63) is 29.8 Å². The molecule has 1 saturated heterocycles. The van der Waals surface area contributed by atoms with Crippen LogP contribution < -0.4 is 5.73 Å². The minimum atomic E-state index is 0.797. The second-order valence-electron chi connectivity index (χ2n) is 4.78. The van der Waals surface area contributed by atoms with Crippen molar-refractivity contribution in [2.45, 2.75) is 25.0 Å². The summed E-state index contributed by atoms with van der Waals surface area (Å²) in [4.78, 5) is 2.58. The number of anilines is 1. The number of nitrogens with two attached hydrogens (primary N) is 1. The quantitative estimate of drug-likeness (QED) is 0.833. The largest absolute Gasteiger partial charge is 0.399 e. The molecule has 1 aromatic rings. The molecule has 1 aliphatic heterocycles. The Labute approximate surface area is 109 Å². The number of hydrogen-bond acceptors (Lipinski definition) is 3. The van der Waals surface area contributed by atoms with Crippen LogP contribution in [0.4, 0.5) is 5.69 Å². The van der Waals surface area contributed by atoms with Gasteiger partial charge in [0, 0.05) is 29.8 Å². The van der Waals surface area contributed by atoms with Gasteiger partial charge in [0.1, 0.15) is 0 Å². The van der Waals surface area contributed by atoms with Crippen molar-refractivity contribution in [2.24, 2.45) is 0 Å². The van der Waals surface area contributed by atoms with Gasteiger partial charge < -0.3 is 10.6 Å². The first kappa shape index (κ1) is 12.8. The molecular formula is C14H22N2S. The smallest absolute Gasteiger partial charge is 0.0346 e. The molecule has 0 aromatic heterocycles. The Bertz CT molecular complexity index is 354. The van der Waals surface area contributed by atoms with E-state index in [2.05, 4.69) is 35.7 Å². The summed E-state index contributed by atoms with van der Waals surface area (Å²) in [6.45, 7) is 6.03. The van der Waals surface area contributed by atoms with E-state index in [1.165, 1.54) is 37.4 Å². The molecule has 17 heavy (non-hydrogen) atoms. The second kappa shape index (κ2) is 6.31. The van der Waals surface area contributed by atoms with Gasteiger partial charge in [-0.25, -0.2) is 0 Å². The van der Waals surface area contributed by atoms with E-state index in [9.17, 15) is 0 Å². The molecule has 0 radical (unpaired) electrons. The predicted molar refractivity (Wildman–Crippen MR) is 77.5 cm³/mol. The third-order valence-corrected chi connectivity index (χ3v) is 4.44. The number of hydrogen-bond donors (Lipinski definition) is 1. The van der Waals surface area contributed by atoms with Gasteiger partial charge in [-0.15, -0.1) is 0 Å². The monoisotopic (exact) mass is 250 g/mol. The third kappa shape index (κ3) is 3.93. The number of aryl methyl sites for hydroxylation is 1. The Hall–Kier alpha value is -0.670. The summed E-state index contributed by atoms with van der Waals surface area (Å²) in [7, 11) is 0. The predicted octanol–water partition coefficient (Wildman–Crippen LogP) is 2.64. The lowest BCUT2D eigenvalue weighted by Gasteiger charge is -2.30. The Morgan fingerprint density at radius 3 is 3.00 bits per heavy atom. The molecule has 2 nitrogen and oxygen atoms in total. The topological polar surface area (TPSA) is 29.3 Å². The van der Waals surface area contributed by atoms with E-state index in [0.29, 0.717) is 0 Å². The van der Waals surface area contributed by atoms with Crippen molar-refractivity contribution in [3.63, 3.8) is 0 Å². The minimum Gasteiger partial charge on any atom is -0.399 e. The van der Waals surface area contributed by atoms with Crippen LogP contribution in [0.2, 0.25) is 0 Å². The van der Waals surface area contributed by atoms with E-state index in [-0.39, 0.29) is 0 Å². The molecule has 2 rings (SSSR count). The van der Waals surface area contributed by atoms with Crippen LogP contribution in [0.15, 0.2) is 24.3 Å². The van der Waals surface area contributed by atoms with Crippen LogP contribution in [0.25, 0.3) is 0 Å². The van der Waals surface area contributed by atoms with E-state index in [4.69, 9.17) is 5.73 Å². The number of benzene rings is 1. The van der Waals surface area contributed by atoms with Crippen LogP contribution in [0.1, 0.15) is 18.9 Å². The summed E-state index contributed by atoms with van der Waals surface area (Å²) in [5, 5.41) is 0.797. The van der Waals surface area contributed by atoms with Gasteiger partial charge in [-0.05, 0) is 31.0 Å². The average Bonchev–Trinajstić information content (AvgIpc) is 2.32. The Balaban J connectivity index is 1.74. The molecule has 0 saturated carbocycles. The maximum absolute atomic E-state index is 5.94. The van der Waals surface area contributed by atoms with E-state index in [1.807, 2.05) is 12.1 Å². The molecule has 2 N–H and O–H groups in total. The van der Waals surface area contributed by atoms with Gasteiger partial charge in [0.2, 0.25) is 0 Å². The number of nitrogen functional groups attached to an aromatic ring is 1. The van der Waals surface area contributed by atoms with E-state index < -0.39 is 0 Å². The zero-order chi connectivity index (χ0) is 12.1. The maximum atomic E-state index is 5.94. The lowest BCUT2D eigenvalue weighted by atomic mass is 10.1. The second-order valence-corrected chi connectivity index (χ2v) is 6.33. The minimum absolute atomic E-state index is 0.797. The molecule has 1 heterocycles. The first-order valence-electron chi connectivity index (χ1n) is 6.43. The molecular weight excluding hydrogens is 228 g/mol. The van der Waals surface area contributed by atoms with Gasteiger partial charge >= 0.3 is 0 Å². The Kier molecular flexibility index (Phi) is 4.75. The van der Waals surface area contributed by atoms with Crippen LogP contribution in [-0.2, 0) is 6.42 Å². The third-order valence-electron chi connectivity index (χ3n) is 3.30. The van der Waals surface area contributed by atoms with Crippen molar-refractivity contribution in [3.8, 4) is 0 Å². The number of para-hydroxylation sites is 1. The fourth-order valence-corrected chi connectivity index (χ4v) is 3.43. The summed E-state index contributed by atoms with van der Waals surface area (Å²) in [6.07, 6.45) is 2.32. The summed E-state index contributed by atoms with van der Waals surface area (Å²) >= 11 is 2.09. The van der Waals surface area contributed by atoms with Crippen LogP contribution in [0, 0.1) is 0 Å². The van der Waals surface area contributed by atoms with Gasteiger partial charge in [-0.1, -0.05) is 25.1 Å². The molecule has 0 aliphatic carbocycles. The van der Waals surface area contributed by atoms with Gasteiger partial charge in [0.25, 0.3) is 0 Å². The zero-order valence-corrected chi connectivity index (χ0v) is 11.4. The van der Waals surface area contributed by atoms with Gasteiger partial charge in [-0.2, -0.15) is 11.8 Å². The number of thioether (sulfide) groups is 1. The highest BCUT2D eigenvalue weighted by atomic mass is 32.2. The highest BCUT2D eigenvalue weighted by Crippen LogP contribution is 2.18. The standard InChI is InChI=1S/C14H22N2S/c1-12-11-16(9-10-17-12)8-4-6-13-5-2-3-7-14(13)15/h2-3,5,7,12H,4,6,8-11,15H2,1H3. The number of nitrogens with zero attached hydrogens (tertiary/aromatic N) is 1. The highest BCUT2D eigenvalue weighted by molar-refractivity contribution is 7.99. The SMILES string of the molecule is CC1CN(CCCc2ccccc2N)CCS1. The van der Waals surface area contributed by atoms with Crippen molar-refractivity contribution in [2.75, 3.05) is 31.1 Å². The fourth-order valence-electron chi connectivity index (χ4n) is 2.35. The van der Waals surface area contributed by atoms with Gasteiger partial charge in [-0.3, -0.25) is 0 Å². The fraction of sp³-hybridized carbons (Fsp3) is 0.571. The highest BCUT2D eigenvalue weighted by Gasteiger charge is 2.15. The van der Waals surface area contributed by atoms with Crippen molar-refractivity contribution < 1.29 is 0 Å². The molecule has 0 amide bonds. The maximum Gasteiger partial charge on any atom is 0.0346 e. The summed E-state index contributed by atoms with van der Waals surface area (Å²) in [5.41, 5.74) is 8.18. The molecule has 0 bridgehead atoms. The first-order chi connectivity index (χ1) is 8.25. The van der Waals surface area contributed by atoms with E-state index in [0.717, 1.165) is 17.4 Å². The van der Waals surface area contributed by atoms with Crippen LogP contribution in [0.5, 0.6) is 0 Å². The Morgan fingerprint density at radius 1 is 1.41 bits per heavy atom. The van der Waals surface area contributed by atoms with Crippen LogP contribution in [0.3, 0.4) is 0 Å².